The van der Waals surface area contributed by atoms with Gasteiger partial charge in [0, 0.05) is 23.6 Å². The van der Waals surface area contributed by atoms with Gasteiger partial charge in [0.15, 0.2) is 5.69 Å². The molecule has 2 aromatic carbocycles. The fraction of sp³-hybridized carbons (Fsp3) is 0.200. The number of aryl methyl sites for hydroxylation is 1. The van der Waals surface area contributed by atoms with Crippen LogP contribution >= 0.6 is 0 Å². The summed E-state index contributed by atoms with van der Waals surface area (Å²) in [6.07, 6.45) is 1.47. The van der Waals surface area contributed by atoms with Crippen LogP contribution in [0.3, 0.4) is 0 Å². The van der Waals surface area contributed by atoms with Crippen LogP contribution in [0.15, 0.2) is 52.4 Å². The zero-order valence-electron chi connectivity index (χ0n) is 15.8. The van der Waals surface area contributed by atoms with Crippen molar-refractivity contribution in [3.8, 4) is 11.5 Å². The molecule has 0 spiro atoms. The average molecular weight is 380 g/mol. The molecular weight excluding hydrogens is 360 g/mol. The minimum atomic E-state index is -0.510. The molecule has 0 atom stereocenters. The first-order valence-electron chi connectivity index (χ1n) is 8.63. The van der Waals surface area contributed by atoms with E-state index >= 15 is 0 Å². The lowest BCUT2D eigenvalue weighted by atomic mass is 10.1. The van der Waals surface area contributed by atoms with Gasteiger partial charge in [-0.15, -0.1) is 0 Å². The number of rotatable bonds is 6. The number of ether oxygens (including phenoxy) is 2. The lowest BCUT2D eigenvalue weighted by Crippen LogP contribution is -2.28. The number of aromatic nitrogens is 2. The van der Waals surface area contributed by atoms with Gasteiger partial charge in [-0.05, 0) is 25.1 Å². The Labute approximate surface area is 161 Å². The molecular formula is C20H20N4O4. The largest absolute Gasteiger partial charge is 0.497 e. The predicted molar refractivity (Wildman–Crippen MR) is 106 cm³/mol. The SMILES string of the molecule is CCn1nc(C(=O)N/N=C/c2cc(OC)cc(OC)c2)c2ccccc2c1=O. The number of carbonyl (C=O) groups excluding carboxylic acids is 1. The second kappa shape index (κ2) is 8.34. The number of nitrogens with zero attached hydrogens (tertiary/aromatic N) is 3. The summed E-state index contributed by atoms with van der Waals surface area (Å²) in [5.74, 6) is 0.703. The second-order valence-corrected chi connectivity index (χ2v) is 5.86. The van der Waals surface area contributed by atoms with E-state index in [1.165, 1.54) is 10.9 Å². The van der Waals surface area contributed by atoms with Crippen molar-refractivity contribution in [2.24, 2.45) is 5.10 Å². The zero-order valence-corrected chi connectivity index (χ0v) is 15.8. The van der Waals surface area contributed by atoms with Crippen LogP contribution in [-0.2, 0) is 6.54 Å². The van der Waals surface area contributed by atoms with E-state index in [1.807, 2.05) is 0 Å². The van der Waals surface area contributed by atoms with Crippen molar-refractivity contribution < 1.29 is 14.3 Å². The maximum atomic E-state index is 12.6. The summed E-state index contributed by atoms with van der Waals surface area (Å²) < 4.78 is 11.7. The van der Waals surface area contributed by atoms with Crippen LogP contribution in [-0.4, -0.2) is 36.1 Å². The van der Waals surface area contributed by atoms with Crippen molar-refractivity contribution in [3.05, 3.63) is 64.1 Å². The van der Waals surface area contributed by atoms with Crippen LogP contribution in [0.5, 0.6) is 11.5 Å². The van der Waals surface area contributed by atoms with Crippen molar-refractivity contribution in [3.63, 3.8) is 0 Å². The first-order chi connectivity index (χ1) is 13.6. The first kappa shape index (κ1) is 19.1. The Morgan fingerprint density at radius 3 is 2.39 bits per heavy atom. The first-order valence-corrected chi connectivity index (χ1v) is 8.63. The number of carbonyl (C=O) groups is 1. The van der Waals surface area contributed by atoms with E-state index in [2.05, 4.69) is 15.6 Å². The van der Waals surface area contributed by atoms with Gasteiger partial charge in [-0.2, -0.15) is 10.2 Å². The molecule has 0 fully saturated rings. The summed E-state index contributed by atoms with van der Waals surface area (Å²) in [5.41, 5.74) is 3.05. The molecule has 1 N–H and O–H groups in total. The Morgan fingerprint density at radius 1 is 1.14 bits per heavy atom. The average Bonchev–Trinajstić information content (AvgIpc) is 2.73. The minimum Gasteiger partial charge on any atom is -0.497 e. The molecule has 0 saturated heterocycles. The molecule has 0 aliphatic heterocycles. The van der Waals surface area contributed by atoms with E-state index in [4.69, 9.17) is 9.47 Å². The fourth-order valence-electron chi connectivity index (χ4n) is 2.74. The molecule has 0 aliphatic carbocycles. The molecule has 0 unspecified atom stereocenters. The van der Waals surface area contributed by atoms with E-state index in [0.717, 1.165) is 0 Å². The molecule has 3 rings (SSSR count). The van der Waals surface area contributed by atoms with Crippen molar-refractivity contribution in [1.29, 1.82) is 0 Å². The summed E-state index contributed by atoms with van der Waals surface area (Å²) >= 11 is 0. The fourth-order valence-corrected chi connectivity index (χ4v) is 2.74. The molecule has 0 saturated carbocycles. The van der Waals surface area contributed by atoms with Crippen molar-refractivity contribution in [2.45, 2.75) is 13.5 Å². The van der Waals surface area contributed by atoms with Crippen LogP contribution in [0.25, 0.3) is 10.8 Å². The number of amides is 1. The van der Waals surface area contributed by atoms with E-state index in [0.29, 0.717) is 34.4 Å². The summed E-state index contributed by atoms with van der Waals surface area (Å²) in [6.45, 7) is 2.15. The Morgan fingerprint density at radius 2 is 1.79 bits per heavy atom. The number of fused-ring (bicyclic) bond motifs is 1. The Kier molecular flexibility index (Phi) is 5.69. The van der Waals surface area contributed by atoms with E-state index in [9.17, 15) is 9.59 Å². The molecule has 28 heavy (non-hydrogen) atoms. The standard InChI is InChI=1S/C20H20N4O4/c1-4-24-20(26)17-8-6-5-7-16(17)18(23-24)19(25)22-21-12-13-9-14(27-2)11-15(10-13)28-3/h5-12H,4H2,1-3H3,(H,22,25)/b21-12+. The number of nitrogens with one attached hydrogen (secondary N) is 1. The topological polar surface area (TPSA) is 94.8 Å². The number of methoxy groups -OCH3 is 2. The van der Waals surface area contributed by atoms with Gasteiger partial charge >= 0.3 is 0 Å². The van der Waals surface area contributed by atoms with Crippen LogP contribution < -0.4 is 20.5 Å². The van der Waals surface area contributed by atoms with Gasteiger partial charge in [-0.3, -0.25) is 9.59 Å². The molecule has 0 bridgehead atoms. The van der Waals surface area contributed by atoms with E-state index in [1.54, 1.807) is 63.6 Å². The number of hydrogen-bond donors (Lipinski definition) is 1. The summed E-state index contributed by atoms with van der Waals surface area (Å²) in [5, 5.41) is 9.08. The van der Waals surface area contributed by atoms with Gasteiger partial charge in [-0.1, -0.05) is 18.2 Å². The monoisotopic (exact) mass is 380 g/mol. The van der Waals surface area contributed by atoms with Gasteiger partial charge in [-0.25, -0.2) is 10.1 Å². The summed E-state index contributed by atoms with van der Waals surface area (Å²) in [4.78, 5) is 25.0. The third kappa shape index (κ3) is 3.85. The van der Waals surface area contributed by atoms with Crippen LogP contribution in [0.4, 0.5) is 0 Å². The Hall–Kier alpha value is -3.68. The molecule has 144 valence electrons. The molecule has 3 aromatic rings. The lowest BCUT2D eigenvalue weighted by molar-refractivity contribution is 0.0949. The van der Waals surface area contributed by atoms with Crippen molar-refractivity contribution in [2.75, 3.05) is 14.2 Å². The Bertz CT molecular complexity index is 1080. The van der Waals surface area contributed by atoms with E-state index in [-0.39, 0.29) is 11.3 Å². The highest BCUT2D eigenvalue weighted by Crippen LogP contribution is 2.21. The maximum Gasteiger partial charge on any atom is 0.292 e. The van der Waals surface area contributed by atoms with E-state index < -0.39 is 5.91 Å². The van der Waals surface area contributed by atoms with Crippen LogP contribution in [0, 0.1) is 0 Å². The minimum absolute atomic E-state index is 0.137. The summed E-state index contributed by atoms with van der Waals surface area (Å²) in [7, 11) is 3.10. The molecule has 0 aliphatic rings. The molecule has 8 nitrogen and oxygen atoms in total. The molecule has 1 heterocycles. The van der Waals surface area contributed by atoms with Crippen molar-refractivity contribution >= 4 is 22.9 Å². The van der Waals surface area contributed by atoms with Gasteiger partial charge in [0.05, 0.1) is 25.8 Å². The molecule has 1 aromatic heterocycles. The highest BCUT2D eigenvalue weighted by molar-refractivity contribution is 6.04. The molecule has 0 radical (unpaired) electrons. The maximum absolute atomic E-state index is 12.6. The zero-order chi connectivity index (χ0) is 20.1. The normalized spacial score (nSPS) is 11.0. The quantitative estimate of drug-likeness (QED) is 0.523. The van der Waals surface area contributed by atoms with Gasteiger partial charge in [0.2, 0.25) is 0 Å². The number of hydrogen-bond acceptors (Lipinski definition) is 6. The third-order valence-electron chi connectivity index (χ3n) is 4.14. The van der Waals surface area contributed by atoms with Crippen LogP contribution in [0.2, 0.25) is 0 Å². The highest BCUT2D eigenvalue weighted by atomic mass is 16.5. The van der Waals surface area contributed by atoms with Gasteiger partial charge in [0.25, 0.3) is 11.5 Å². The van der Waals surface area contributed by atoms with Crippen LogP contribution in [0.1, 0.15) is 23.0 Å². The lowest BCUT2D eigenvalue weighted by Gasteiger charge is -2.08. The Balaban J connectivity index is 1.89. The third-order valence-corrected chi connectivity index (χ3v) is 4.14. The van der Waals surface area contributed by atoms with Gasteiger partial charge in [0.1, 0.15) is 11.5 Å². The number of benzene rings is 2. The van der Waals surface area contributed by atoms with Crippen molar-refractivity contribution in [1.82, 2.24) is 15.2 Å². The number of hydrazone groups is 1. The smallest absolute Gasteiger partial charge is 0.292 e. The highest BCUT2D eigenvalue weighted by Gasteiger charge is 2.15. The summed E-state index contributed by atoms with van der Waals surface area (Å²) in [6, 6.07) is 12.1. The predicted octanol–water partition coefficient (Wildman–Crippen LogP) is 2.20. The van der Waals surface area contributed by atoms with Gasteiger partial charge < -0.3 is 9.47 Å². The molecule has 1 amide bonds. The molecule has 8 heteroatoms. The second-order valence-electron chi connectivity index (χ2n) is 5.86.